The average molecular weight is 568 g/mol. The second-order valence-corrected chi connectivity index (χ2v) is 10.9. The van der Waals surface area contributed by atoms with Crippen LogP contribution in [0, 0.1) is 17.2 Å². The summed E-state index contributed by atoms with van der Waals surface area (Å²) in [6, 6.07) is 12.7. The topological polar surface area (TPSA) is 119 Å². The number of likely N-dealkylation sites (tertiary alicyclic amines) is 1. The van der Waals surface area contributed by atoms with E-state index in [1.165, 1.54) is 35.0 Å². The molecule has 1 spiro atoms. The van der Waals surface area contributed by atoms with Gasteiger partial charge in [-0.3, -0.25) is 14.4 Å². The van der Waals surface area contributed by atoms with E-state index in [2.05, 4.69) is 21.1 Å². The summed E-state index contributed by atoms with van der Waals surface area (Å²) in [5.74, 6) is -1.87. The molecule has 5 rings (SSSR count). The minimum absolute atomic E-state index is 0.0198. The molecule has 0 aliphatic carbocycles. The molecule has 2 aliphatic rings. The Labute approximate surface area is 233 Å². The van der Waals surface area contributed by atoms with Crippen molar-refractivity contribution in [3.8, 4) is 11.8 Å². The summed E-state index contributed by atoms with van der Waals surface area (Å²) >= 11 is 0. The summed E-state index contributed by atoms with van der Waals surface area (Å²) in [6.45, 7) is 3.75. The first kappa shape index (κ1) is 28.0. The lowest BCUT2D eigenvalue weighted by Crippen LogP contribution is -2.52. The minimum Gasteiger partial charge on any atom is -0.405 e. The van der Waals surface area contributed by atoms with Crippen LogP contribution in [-0.4, -0.2) is 64.5 Å². The number of anilines is 1. The zero-order valence-corrected chi connectivity index (χ0v) is 22.6. The molecule has 3 aromatic rings. The number of ether oxygens (including phenoxy) is 1. The number of likely N-dealkylation sites (N-methyl/N-ethyl adjacent to an activating group) is 1. The molecule has 0 bridgehead atoms. The van der Waals surface area contributed by atoms with Gasteiger partial charge in [0.15, 0.2) is 0 Å². The Kier molecular flexibility index (Phi) is 6.93. The molecule has 2 aliphatic heterocycles. The molecular formula is C29H28F3N5O4. The van der Waals surface area contributed by atoms with Gasteiger partial charge in [0.25, 0.3) is 5.91 Å². The lowest BCUT2D eigenvalue weighted by atomic mass is 9.80. The Morgan fingerprint density at radius 3 is 2.63 bits per heavy atom. The standard InChI is InChI=1S/C29H28F3N5O4/c1-16(2)11-23(36(3)25(38)22-12-18-20(34-22)9-6-10-24(18)41-29(30,31)32)26(39)37-15-28(13-17(37)14-33)19-7-4-5-8-21(19)35-27(28)40/h4-10,12,16-17,23,34H,11,13,15H2,1-3H3,(H,35,40)/t17-,23-,28-/m0/s1. The van der Waals surface area contributed by atoms with E-state index in [1.54, 1.807) is 18.2 Å². The highest BCUT2D eigenvalue weighted by molar-refractivity contribution is 6.07. The van der Waals surface area contributed by atoms with Crippen LogP contribution in [0.25, 0.3) is 10.9 Å². The number of nitriles is 1. The third kappa shape index (κ3) is 4.96. The molecule has 1 aromatic heterocycles. The first-order valence-electron chi connectivity index (χ1n) is 13.1. The number of nitrogens with one attached hydrogen (secondary N) is 2. The van der Waals surface area contributed by atoms with Gasteiger partial charge < -0.3 is 24.8 Å². The predicted molar refractivity (Wildman–Crippen MR) is 143 cm³/mol. The van der Waals surface area contributed by atoms with Gasteiger partial charge in [-0.2, -0.15) is 5.26 Å². The number of rotatable bonds is 6. The molecule has 3 atom stereocenters. The maximum Gasteiger partial charge on any atom is 0.573 e. The van der Waals surface area contributed by atoms with Crippen LogP contribution in [0.15, 0.2) is 48.5 Å². The molecule has 1 saturated heterocycles. The SMILES string of the molecule is CC(C)C[C@@H](C(=O)N1C[C@]2(C[C@H]1C#N)C(=O)Nc1ccccc12)N(C)C(=O)c1cc2c(OC(F)(F)F)cccc2[nH]1. The number of carbonyl (C=O) groups is 3. The van der Waals surface area contributed by atoms with Gasteiger partial charge in [0.1, 0.15) is 23.5 Å². The third-order valence-corrected chi connectivity index (χ3v) is 7.76. The molecule has 41 heavy (non-hydrogen) atoms. The number of aromatic nitrogens is 1. The van der Waals surface area contributed by atoms with E-state index in [9.17, 15) is 32.8 Å². The Morgan fingerprint density at radius 1 is 1.22 bits per heavy atom. The van der Waals surface area contributed by atoms with Crippen LogP contribution in [0.2, 0.25) is 0 Å². The summed E-state index contributed by atoms with van der Waals surface area (Å²) in [6.07, 6.45) is -4.54. The van der Waals surface area contributed by atoms with Crippen LogP contribution >= 0.6 is 0 Å². The zero-order valence-electron chi connectivity index (χ0n) is 22.6. The smallest absolute Gasteiger partial charge is 0.405 e. The van der Waals surface area contributed by atoms with Gasteiger partial charge in [-0.1, -0.05) is 38.1 Å². The maximum absolute atomic E-state index is 14.1. The highest BCUT2D eigenvalue weighted by Gasteiger charge is 2.56. The van der Waals surface area contributed by atoms with E-state index < -0.39 is 41.4 Å². The van der Waals surface area contributed by atoms with E-state index in [1.807, 2.05) is 19.9 Å². The molecule has 9 nitrogen and oxygen atoms in total. The molecule has 214 valence electrons. The van der Waals surface area contributed by atoms with Gasteiger partial charge in [-0.05, 0) is 42.2 Å². The average Bonchev–Trinajstić information content (AvgIpc) is 3.60. The number of aromatic amines is 1. The summed E-state index contributed by atoms with van der Waals surface area (Å²) < 4.78 is 42.8. The number of amides is 3. The maximum atomic E-state index is 14.1. The number of nitrogens with zero attached hydrogens (tertiary/aromatic N) is 3. The second kappa shape index (κ2) is 10.1. The number of para-hydroxylation sites is 1. The number of benzene rings is 2. The molecule has 2 N–H and O–H groups in total. The second-order valence-electron chi connectivity index (χ2n) is 10.9. The van der Waals surface area contributed by atoms with Crippen molar-refractivity contribution in [2.45, 2.75) is 50.6 Å². The van der Waals surface area contributed by atoms with E-state index in [-0.39, 0.29) is 47.8 Å². The number of hydrogen-bond acceptors (Lipinski definition) is 5. The van der Waals surface area contributed by atoms with Crippen molar-refractivity contribution in [3.05, 3.63) is 59.8 Å². The number of halogens is 3. The van der Waals surface area contributed by atoms with Gasteiger partial charge in [0.05, 0.1) is 11.5 Å². The van der Waals surface area contributed by atoms with E-state index >= 15 is 0 Å². The van der Waals surface area contributed by atoms with Gasteiger partial charge in [0, 0.05) is 36.6 Å². The molecule has 3 heterocycles. The molecule has 12 heteroatoms. The minimum atomic E-state index is -4.91. The van der Waals surface area contributed by atoms with Crippen molar-refractivity contribution < 1.29 is 32.3 Å². The van der Waals surface area contributed by atoms with Crippen molar-refractivity contribution in [3.63, 3.8) is 0 Å². The zero-order chi connectivity index (χ0) is 29.7. The van der Waals surface area contributed by atoms with Crippen LogP contribution < -0.4 is 10.1 Å². The van der Waals surface area contributed by atoms with Crippen molar-refractivity contribution in [1.29, 1.82) is 5.26 Å². The fourth-order valence-corrected chi connectivity index (χ4v) is 5.84. The Bertz CT molecular complexity index is 1580. The molecule has 3 amide bonds. The van der Waals surface area contributed by atoms with E-state index in [4.69, 9.17) is 0 Å². The third-order valence-electron chi connectivity index (χ3n) is 7.76. The van der Waals surface area contributed by atoms with Crippen molar-refractivity contribution in [2.75, 3.05) is 18.9 Å². The van der Waals surface area contributed by atoms with E-state index in [0.717, 1.165) is 11.6 Å². The van der Waals surface area contributed by atoms with Gasteiger partial charge >= 0.3 is 6.36 Å². The first-order chi connectivity index (χ1) is 19.3. The van der Waals surface area contributed by atoms with Crippen LogP contribution in [0.1, 0.15) is 42.7 Å². The normalized spacial score (nSPS) is 20.7. The van der Waals surface area contributed by atoms with Crippen LogP contribution in [0.5, 0.6) is 5.75 Å². The van der Waals surface area contributed by atoms with Crippen molar-refractivity contribution in [1.82, 2.24) is 14.8 Å². The first-order valence-corrected chi connectivity index (χ1v) is 13.1. The van der Waals surface area contributed by atoms with Gasteiger partial charge in [0.2, 0.25) is 11.8 Å². The fraction of sp³-hybridized carbons (Fsp3) is 0.379. The number of hydrogen-bond donors (Lipinski definition) is 2. The van der Waals surface area contributed by atoms with Crippen LogP contribution in [0.3, 0.4) is 0 Å². The monoisotopic (exact) mass is 567 g/mol. The Balaban J connectivity index is 1.45. The highest BCUT2D eigenvalue weighted by Crippen LogP contribution is 2.46. The molecule has 1 fully saturated rings. The molecule has 0 saturated carbocycles. The molecule has 2 aromatic carbocycles. The summed E-state index contributed by atoms with van der Waals surface area (Å²) in [5.41, 5.74) is 0.514. The summed E-state index contributed by atoms with van der Waals surface area (Å²) in [7, 11) is 1.44. The number of fused-ring (bicyclic) bond motifs is 3. The number of carbonyl (C=O) groups excluding carboxylic acids is 3. The molecular weight excluding hydrogens is 539 g/mol. The largest absolute Gasteiger partial charge is 0.573 e. The fourth-order valence-electron chi connectivity index (χ4n) is 5.84. The van der Waals surface area contributed by atoms with Crippen LogP contribution in [0.4, 0.5) is 18.9 Å². The van der Waals surface area contributed by atoms with Gasteiger partial charge in [-0.15, -0.1) is 13.2 Å². The summed E-state index contributed by atoms with van der Waals surface area (Å²) in [5, 5.41) is 12.9. The lowest BCUT2D eigenvalue weighted by Gasteiger charge is -2.33. The quantitative estimate of drug-likeness (QED) is 0.453. The van der Waals surface area contributed by atoms with Crippen molar-refractivity contribution >= 4 is 34.3 Å². The number of alkyl halides is 3. The summed E-state index contributed by atoms with van der Waals surface area (Å²) in [4.78, 5) is 46.3. The van der Waals surface area contributed by atoms with Crippen LogP contribution in [-0.2, 0) is 15.0 Å². The Hall–Kier alpha value is -4.53. The number of H-pyrrole nitrogens is 1. The molecule has 0 radical (unpaired) electrons. The van der Waals surface area contributed by atoms with E-state index in [0.29, 0.717) is 5.69 Å². The highest BCUT2D eigenvalue weighted by atomic mass is 19.4. The predicted octanol–water partition coefficient (Wildman–Crippen LogP) is 4.57. The van der Waals surface area contributed by atoms with Gasteiger partial charge in [-0.25, -0.2) is 0 Å². The molecule has 0 unspecified atom stereocenters. The lowest BCUT2D eigenvalue weighted by molar-refractivity contribution is -0.274. The van der Waals surface area contributed by atoms with Crippen molar-refractivity contribution in [2.24, 2.45) is 5.92 Å². The Morgan fingerprint density at radius 2 is 1.95 bits per heavy atom.